The highest BCUT2D eigenvalue weighted by Gasteiger charge is 2.66. The van der Waals surface area contributed by atoms with Crippen molar-refractivity contribution in [3.05, 3.63) is 89.5 Å². The highest BCUT2D eigenvalue weighted by molar-refractivity contribution is 6.71. The molecule has 1 spiro atoms. The molecule has 0 saturated carbocycles. The van der Waals surface area contributed by atoms with Crippen LogP contribution in [0.3, 0.4) is 0 Å². The molecule has 0 radical (unpaired) electrons. The smallest absolute Gasteiger partial charge is 0.264 e. The molecule has 11 heteroatoms. The SMILES string of the molecule is COc1ccc2c(c1)[C@@]1(O[C@H](CC(=O)N(CCO)Cc3ccccc3)[C@@H]([Si](C)(C)O)[C@@H]1C)C(=O)N2Cc1cccc(N2CCCC2=O)c1. The van der Waals surface area contributed by atoms with Gasteiger partial charge in [-0.1, -0.05) is 49.4 Å². The van der Waals surface area contributed by atoms with Crippen LogP contribution in [0.15, 0.2) is 72.8 Å². The zero-order valence-corrected chi connectivity index (χ0v) is 29.1. The third-order valence-electron chi connectivity index (χ3n) is 10.1. The van der Waals surface area contributed by atoms with Crippen LogP contribution in [0.2, 0.25) is 18.6 Å². The van der Waals surface area contributed by atoms with E-state index in [1.54, 1.807) is 21.8 Å². The Bertz CT molecular complexity index is 1680. The molecule has 2 N–H and O–H groups in total. The molecular weight excluding hydrogens is 627 g/mol. The van der Waals surface area contributed by atoms with E-state index in [-0.39, 0.29) is 43.8 Å². The number of methoxy groups -OCH3 is 1. The van der Waals surface area contributed by atoms with Crippen LogP contribution in [0.25, 0.3) is 0 Å². The number of rotatable bonds is 11. The van der Waals surface area contributed by atoms with Crippen molar-refractivity contribution in [1.29, 1.82) is 0 Å². The first kappa shape index (κ1) is 33.9. The maximum Gasteiger partial charge on any atom is 0.264 e. The van der Waals surface area contributed by atoms with E-state index in [1.807, 2.05) is 92.8 Å². The lowest BCUT2D eigenvalue weighted by Crippen LogP contribution is -2.46. The fraction of sp³-hybridized carbons (Fsp3) is 0.432. The van der Waals surface area contributed by atoms with Crippen molar-refractivity contribution in [2.75, 3.05) is 36.6 Å². The van der Waals surface area contributed by atoms with Gasteiger partial charge < -0.3 is 34.1 Å². The van der Waals surface area contributed by atoms with Gasteiger partial charge >= 0.3 is 0 Å². The molecule has 0 aromatic heterocycles. The minimum atomic E-state index is -3.02. The molecule has 0 aliphatic carbocycles. The number of ether oxygens (including phenoxy) is 2. The molecule has 10 nitrogen and oxygen atoms in total. The summed E-state index contributed by atoms with van der Waals surface area (Å²) in [6.45, 7) is 6.82. The Morgan fingerprint density at radius 3 is 2.48 bits per heavy atom. The van der Waals surface area contributed by atoms with Crippen LogP contribution < -0.4 is 14.5 Å². The number of hydrogen-bond acceptors (Lipinski definition) is 7. The predicted molar refractivity (Wildman–Crippen MR) is 185 cm³/mol. The number of amides is 3. The van der Waals surface area contributed by atoms with E-state index in [0.29, 0.717) is 36.5 Å². The molecule has 3 aromatic carbocycles. The van der Waals surface area contributed by atoms with E-state index in [1.165, 1.54) is 0 Å². The number of fused-ring (bicyclic) bond motifs is 2. The Hall–Kier alpha value is -4.03. The van der Waals surface area contributed by atoms with E-state index >= 15 is 0 Å². The van der Waals surface area contributed by atoms with Crippen molar-refractivity contribution in [1.82, 2.24) is 4.90 Å². The first-order valence-electron chi connectivity index (χ1n) is 16.7. The molecule has 2 saturated heterocycles. The number of nitrogens with zero attached hydrogens (tertiary/aromatic N) is 3. The number of anilines is 2. The topological polar surface area (TPSA) is 120 Å². The quantitative estimate of drug-likeness (QED) is 0.287. The second-order valence-corrected chi connectivity index (χ2v) is 17.7. The van der Waals surface area contributed by atoms with Crippen LogP contribution in [0.1, 0.15) is 42.9 Å². The van der Waals surface area contributed by atoms with E-state index in [0.717, 1.165) is 23.2 Å². The lowest BCUT2D eigenvalue weighted by Gasteiger charge is -2.32. The van der Waals surface area contributed by atoms with Crippen molar-refractivity contribution in [3.8, 4) is 5.75 Å². The molecule has 0 unspecified atom stereocenters. The van der Waals surface area contributed by atoms with E-state index in [9.17, 15) is 24.3 Å². The van der Waals surface area contributed by atoms with Crippen LogP contribution in [-0.4, -0.2) is 73.8 Å². The third kappa shape index (κ3) is 6.16. The van der Waals surface area contributed by atoms with Crippen molar-refractivity contribution in [2.24, 2.45) is 5.92 Å². The number of aliphatic hydroxyl groups excluding tert-OH is 1. The highest BCUT2D eigenvalue weighted by Crippen LogP contribution is 2.60. The van der Waals surface area contributed by atoms with Crippen molar-refractivity contribution >= 4 is 37.4 Å². The molecule has 48 heavy (non-hydrogen) atoms. The maximum atomic E-state index is 14.9. The fourth-order valence-corrected chi connectivity index (χ4v) is 10.5. The second kappa shape index (κ2) is 13.5. The summed E-state index contributed by atoms with van der Waals surface area (Å²) in [6, 6.07) is 22.8. The molecule has 0 bridgehead atoms. The predicted octanol–water partition coefficient (Wildman–Crippen LogP) is 4.58. The van der Waals surface area contributed by atoms with E-state index < -0.39 is 31.5 Å². The van der Waals surface area contributed by atoms with Crippen LogP contribution in [0, 0.1) is 5.92 Å². The van der Waals surface area contributed by atoms with E-state index in [4.69, 9.17) is 9.47 Å². The summed E-state index contributed by atoms with van der Waals surface area (Å²) in [5, 5.41) is 9.81. The van der Waals surface area contributed by atoms with Crippen LogP contribution in [0.4, 0.5) is 11.4 Å². The summed E-state index contributed by atoms with van der Waals surface area (Å²) < 4.78 is 12.5. The molecular formula is C37H45N3O7Si. The molecule has 4 atom stereocenters. The normalized spacial score (nSPS) is 23.7. The van der Waals surface area contributed by atoms with Gasteiger partial charge in [-0.2, -0.15) is 0 Å². The Kier molecular flexibility index (Phi) is 9.50. The molecule has 3 heterocycles. The number of carbonyl (C=O) groups is 3. The molecule has 3 aliphatic heterocycles. The summed E-state index contributed by atoms with van der Waals surface area (Å²) in [7, 11) is -1.45. The van der Waals surface area contributed by atoms with Gasteiger partial charge in [-0.05, 0) is 61.0 Å². The van der Waals surface area contributed by atoms with Crippen molar-refractivity contribution in [2.45, 2.75) is 69.6 Å². The van der Waals surface area contributed by atoms with Gasteiger partial charge in [0.05, 0.1) is 38.5 Å². The van der Waals surface area contributed by atoms with Gasteiger partial charge in [-0.15, -0.1) is 0 Å². The van der Waals surface area contributed by atoms with Gasteiger partial charge in [0.25, 0.3) is 5.91 Å². The zero-order chi connectivity index (χ0) is 34.2. The third-order valence-corrected chi connectivity index (χ3v) is 12.6. The van der Waals surface area contributed by atoms with Gasteiger partial charge in [0.15, 0.2) is 13.9 Å². The average molecular weight is 672 g/mol. The van der Waals surface area contributed by atoms with Gasteiger partial charge in [0.1, 0.15) is 5.75 Å². The summed E-state index contributed by atoms with van der Waals surface area (Å²) in [6.07, 6.45) is 0.573. The first-order valence-corrected chi connectivity index (χ1v) is 19.7. The zero-order valence-electron chi connectivity index (χ0n) is 28.1. The molecule has 6 rings (SSSR count). The number of aliphatic hydroxyl groups is 1. The fourth-order valence-electron chi connectivity index (χ4n) is 7.98. The Balaban J connectivity index is 1.35. The Morgan fingerprint density at radius 2 is 1.81 bits per heavy atom. The second-order valence-electron chi connectivity index (χ2n) is 13.7. The van der Waals surface area contributed by atoms with Crippen molar-refractivity contribution in [3.63, 3.8) is 0 Å². The monoisotopic (exact) mass is 671 g/mol. The van der Waals surface area contributed by atoms with Gasteiger partial charge in [-0.25, -0.2) is 0 Å². The molecule has 3 amide bonds. The van der Waals surface area contributed by atoms with Crippen LogP contribution in [-0.2, 0) is 37.8 Å². The standard InChI is InChI=1S/C37H45N3O7Si/c1-25-35(48(3,4)45)32(22-34(43)38(18-19-41)23-26-10-6-5-7-11-26)47-37(25)30-21-29(46-2)15-16-31(30)40(36(37)44)24-27-12-8-13-28(20-27)39-17-9-14-33(39)42/h5-8,10-13,15-16,20-21,25,32,35,41,45H,9,14,17-19,22-24H2,1-4H3/t25-,32+,35-,37+/m0/s1. The number of benzene rings is 3. The lowest BCUT2D eigenvalue weighted by atomic mass is 9.82. The Morgan fingerprint density at radius 1 is 1.06 bits per heavy atom. The summed E-state index contributed by atoms with van der Waals surface area (Å²) in [5.41, 5.74) is 2.06. The summed E-state index contributed by atoms with van der Waals surface area (Å²) in [5.74, 6) is -0.263. The first-order chi connectivity index (χ1) is 23.0. The maximum absolute atomic E-state index is 14.9. The molecule has 3 aliphatic rings. The summed E-state index contributed by atoms with van der Waals surface area (Å²) >= 11 is 0. The molecule has 2 fully saturated rings. The Labute approximate surface area is 283 Å². The van der Waals surface area contributed by atoms with Crippen LogP contribution >= 0.6 is 0 Å². The molecule has 3 aromatic rings. The van der Waals surface area contributed by atoms with E-state index in [2.05, 4.69) is 0 Å². The lowest BCUT2D eigenvalue weighted by molar-refractivity contribution is -0.150. The van der Waals surface area contributed by atoms with Gasteiger partial charge in [-0.3, -0.25) is 14.4 Å². The number of hydrogen-bond donors (Lipinski definition) is 2. The van der Waals surface area contributed by atoms with Gasteiger partial charge in [0, 0.05) is 48.8 Å². The highest BCUT2D eigenvalue weighted by atomic mass is 28.4. The van der Waals surface area contributed by atoms with Crippen LogP contribution in [0.5, 0.6) is 5.75 Å². The minimum absolute atomic E-state index is 0.0426. The molecule has 254 valence electrons. The number of carbonyl (C=O) groups excluding carboxylic acids is 3. The van der Waals surface area contributed by atoms with Gasteiger partial charge in [0.2, 0.25) is 11.8 Å². The largest absolute Gasteiger partial charge is 0.497 e. The van der Waals surface area contributed by atoms with Crippen molar-refractivity contribution < 1.29 is 33.8 Å². The average Bonchev–Trinajstić information content (AvgIpc) is 3.70. The minimum Gasteiger partial charge on any atom is -0.497 e. The summed E-state index contributed by atoms with van der Waals surface area (Å²) in [4.78, 5) is 58.1.